The van der Waals surface area contributed by atoms with Gasteiger partial charge in [0, 0.05) is 11.1 Å². The summed E-state index contributed by atoms with van der Waals surface area (Å²) in [7, 11) is 3.23. The highest BCUT2D eigenvalue weighted by molar-refractivity contribution is 6.14. The molecule has 2 atom stereocenters. The molecule has 2 aromatic rings. The van der Waals surface area contributed by atoms with Crippen molar-refractivity contribution < 1.29 is 33.2 Å². The molecule has 184 valence electrons. The van der Waals surface area contributed by atoms with Gasteiger partial charge in [-0.15, -0.1) is 0 Å². The molecule has 0 radical (unpaired) electrons. The van der Waals surface area contributed by atoms with Gasteiger partial charge in [-0.2, -0.15) is 0 Å². The fourth-order valence-electron chi connectivity index (χ4n) is 4.06. The summed E-state index contributed by atoms with van der Waals surface area (Å²) in [6.45, 7) is 2.50. The maximum absolute atomic E-state index is 13.3. The number of carbonyl (C=O) groups is 1. The van der Waals surface area contributed by atoms with E-state index in [0.717, 1.165) is 54.7 Å². The van der Waals surface area contributed by atoms with E-state index in [0.29, 0.717) is 36.2 Å². The lowest BCUT2D eigenvalue weighted by Gasteiger charge is -2.17. The van der Waals surface area contributed by atoms with Crippen LogP contribution in [-0.4, -0.2) is 58.6 Å². The Balaban J connectivity index is 1.31. The quantitative estimate of drug-likeness (QED) is 0.368. The lowest BCUT2D eigenvalue weighted by molar-refractivity contribution is -0.112. The molecule has 0 bridgehead atoms. The van der Waals surface area contributed by atoms with Crippen LogP contribution in [0.4, 0.5) is 0 Å². The van der Waals surface area contributed by atoms with Crippen molar-refractivity contribution in [1.29, 1.82) is 0 Å². The lowest BCUT2D eigenvalue weighted by Crippen LogP contribution is -2.12. The molecule has 1 saturated carbocycles. The maximum Gasteiger partial charge on any atom is 0.185 e. The van der Waals surface area contributed by atoms with Crippen molar-refractivity contribution in [2.75, 3.05) is 40.6 Å². The van der Waals surface area contributed by atoms with Crippen LogP contribution >= 0.6 is 0 Å². The number of benzene rings is 2. The van der Waals surface area contributed by atoms with E-state index in [9.17, 15) is 4.79 Å². The second-order valence-electron chi connectivity index (χ2n) is 8.88. The fourth-order valence-corrected chi connectivity index (χ4v) is 4.06. The van der Waals surface area contributed by atoms with Crippen LogP contribution in [0.15, 0.2) is 47.5 Å². The summed E-state index contributed by atoms with van der Waals surface area (Å²) < 4.78 is 33.0. The minimum atomic E-state index is 0.0756. The Morgan fingerprint density at radius 2 is 1.23 bits per heavy atom. The molecule has 0 amide bonds. The molecule has 3 aliphatic rings. The molecular formula is C28H30O7. The minimum Gasteiger partial charge on any atom is -0.493 e. The lowest BCUT2D eigenvalue weighted by atomic mass is 9.87. The van der Waals surface area contributed by atoms with Crippen molar-refractivity contribution in [2.24, 2.45) is 0 Å². The molecule has 0 aromatic heterocycles. The third-order valence-electron chi connectivity index (χ3n) is 6.19. The van der Waals surface area contributed by atoms with E-state index in [-0.39, 0.29) is 18.0 Å². The zero-order valence-electron chi connectivity index (χ0n) is 20.1. The van der Waals surface area contributed by atoms with Crippen molar-refractivity contribution in [1.82, 2.24) is 0 Å². The van der Waals surface area contributed by atoms with Crippen LogP contribution in [0.5, 0.6) is 23.0 Å². The second-order valence-corrected chi connectivity index (χ2v) is 8.88. The van der Waals surface area contributed by atoms with Crippen molar-refractivity contribution in [3.8, 4) is 23.0 Å². The van der Waals surface area contributed by atoms with E-state index in [1.54, 1.807) is 14.2 Å². The van der Waals surface area contributed by atoms with E-state index in [1.165, 1.54) is 0 Å². The number of ketones is 1. The van der Waals surface area contributed by atoms with Crippen LogP contribution in [-0.2, 0) is 14.3 Å². The van der Waals surface area contributed by atoms with E-state index in [2.05, 4.69) is 0 Å². The summed E-state index contributed by atoms with van der Waals surface area (Å²) in [6.07, 6.45) is 6.65. The summed E-state index contributed by atoms with van der Waals surface area (Å²) in [5.74, 6) is 2.70. The van der Waals surface area contributed by atoms with Gasteiger partial charge in [-0.05, 0) is 66.8 Å². The highest BCUT2D eigenvalue weighted by atomic mass is 16.6. The second kappa shape index (κ2) is 10.5. The predicted octanol–water partition coefficient (Wildman–Crippen LogP) is 4.48. The van der Waals surface area contributed by atoms with Gasteiger partial charge in [-0.3, -0.25) is 4.79 Å². The highest BCUT2D eigenvalue weighted by Gasteiger charge is 2.25. The van der Waals surface area contributed by atoms with Gasteiger partial charge in [0.1, 0.15) is 25.4 Å². The van der Waals surface area contributed by atoms with Crippen molar-refractivity contribution >= 4 is 17.9 Å². The van der Waals surface area contributed by atoms with Crippen LogP contribution in [0.3, 0.4) is 0 Å². The number of epoxide rings is 2. The van der Waals surface area contributed by atoms with E-state index in [4.69, 9.17) is 28.4 Å². The summed E-state index contributed by atoms with van der Waals surface area (Å²) in [5.41, 5.74) is 3.40. The Bertz CT molecular complexity index is 1050. The third-order valence-corrected chi connectivity index (χ3v) is 6.19. The van der Waals surface area contributed by atoms with Crippen molar-refractivity contribution in [2.45, 2.75) is 31.5 Å². The summed E-state index contributed by atoms with van der Waals surface area (Å²) in [4.78, 5) is 13.3. The fraction of sp³-hybridized carbons (Fsp3) is 0.393. The number of methoxy groups -OCH3 is 2. The molecule has 2 aliphatic heterocycles. The van der Waals surface area contributed by atoms with Crippen LogP contribution < -0.4 is 18.9 Å². The average Bonchev–Trinajstić information content (AvgIpc) is 3.80. The molecular weight excluding hydrogens is 448 g/mol. The zero-order valence-corrected chi connectivity index (χ0v) is 20.1. The number of rotatable bonds is 10. The molecule has 7 nitrogen and oxygen atoms in total. The number of hydrogen-bond donors (Lipinski definition) is 0. The molecule has 35 heavy (non-hydrogen) atoms. The van der Waals surface area contributed by atoms with Crippen LogP contribution in [0.1, 0.15) is 30.4 Å². The molecule has 2 heterocycles. The van der Waals surface area contributed by atoms with Crippen molar-refractivity contribution in [3.05, 3.63) is 58.7 Å². The zero-order chi connectivity index (χ0) is 24.2. The first-order valence-electron chi connectivity index (χ1n) is 11.9. The summed E-state index contributed by atoms with van der Waals surface area (Å²) in [6, 6.07) is 11.4. The Hall–Kier alpha value is -3.29. The number of Topliss-reactive ketones (excluding diaryl/α,β-unsaturated/α-hetero) is 1. The van der Waals surface area contributed by atoms with Gasteiger partial charge < -0.3 is 28.4 Å². The Morgan fingerprint density at radius 3 is 1.63 bits per heavy atom. The molecule has 1 aliphatic carbocycles. The van der Waals surface area contributed by atoms with Gasteiger partial charge in [-0.1, -0.05) is 12.1 Å². The first-order chi connectivity index (χ1) is 17.1. The largest absolute Gasteiger partial charge is 0.493 e. The monoisotopic (exact) mass is 478 g/mol. The van der Waals surface area contributed by atoms with Gasteiger partial charge in [0.2, 0.25) is 0 Å². The predicted molar refractivity (Wildman–Crippen MR) is 131 cm³/mol. The molecule has 5 rings (SSSR count). The number of carbonyl (C=O) groups excluding carboxylic acids is 1. The van der Waals surface area contributed by atoms with Gasteiger partial charge in [0.15, 0.2) is 28.8 Å². The van der Waals surface area contributed by atoms with Gasteiger partial charge >= 0.3 is 0 Å². The molecule has 0 N–H and O–H groups in total. The third kappa shape index (κ3) is 6.05. The number of ether oxygens (including phenoxy) is 6. The van der Waals surface area contributed by atoms with Crippen molar-refractivity contribution in [3.63, 3.8) is 0 Å². The Labute approximate surface area is 205 Å². The summed E-state index contributed by atoms with van der Waals surface area (Å²) in [5, 5.41) is 0. The van der Waals surface area contributed by atoms with Crippen LogP contribution in [0.2, 0.25) is 0 Å². The standard InChI is InChI=1S/C28H30O7/c1-30-26-12-18(6-8-24(26)34-16-22-14-32-22)10-20-4-3-5-21(28(20)29)11-19-7-9-25(27(13-19)31-2)35-17-23-15-33-23/h6-13,22-23H,3-5,14-17H2,1-2H3. The van der Waals surface area contributed by atoms with E-state index < -0.39 is 0 Å². The normalized spacial score (nSPS) is 23.3. The molecule has 2 saturated heterocycles. The molecule has 3 fully saturated rings. The SMILES string of the molecule is COc1cc(C=C2CCCC(=Cc3ccc(OCC4CO4)c(OC)c3)C2=O)ccc1OCC1CO1. The number of hydrogen-bond acceptors (Lipinski definition) is 7. The molecule has 2 aromatic carbocycles. The summed E-state index contributed by atoms with van der Waals surface area (Å²) >= 11 is 0. The Kier molecular flexibility index (Phi) is 7.06. The van der Waals surface area contributed by atoms with Crippen LogP contribution in [0.25, 0.3) is 12.2 Å². The maximum atomic E-state index is 13.3. The van der Waals surface area contributed by atoms with Gasteiger partial charge in [0.05, 0.1) is 27.4 Å². The van der Waals surface area contributed by atoms with Gasteiger partial charge in [-0.25, -0.2) is 0 Å². The van der Waals surface area contributed by atoms with E-state index in [1.807, 2.05) is 48.6 Å². The minimum absolute atomic E-state index is 0.0756. The molecule has 2 unspecified atom stereocenters. The molecule has 0 spiro atoms. The van der Waals surface area contributed by atoms with Crippen LogP contribution in [0, 0.1) is 0 Å². The average molecular weight is 479 g/mol. The first-order valence-corrected chi connectivity index (χ1v) is 11.9. The topological polar surface area (TPSA) is 79.0 Å². The smallest absolute Gasteiger partial charge is 0.185 e. The Morgan fingerprint density at radius 1 is 0.771 bits per heavy atom. The first kappa shape index (κ1) is 23.5. The number of allylic oxidation sites excluding steroid dienone is 2. The molecule has 7 heteroatoms. The van der Waals surface area contributed by atoms with Gasteiger partial charge in [0.25, 0.3) is 0 Å². The van der Waals surface area contributed by atoms with E-state index >= 15 is 0 Å². The highest BCUT2D eigenvalue weighted by Crippen LogP contribution is 2.34.